The van der Waals surface area contributed by atoms with Gasteiger partial charge in [-0.15, -0.1) is 0 Å². The molecule has 1 heterocycles. The Hall–Kier alpha value is -2.67. The Morgan fingerprint density at radius 3 is 2.05 bits per heavy atom. The molecular formula is C20H17N. The largest absolute Gasteiger partial charge is 0.248 e. The summed E-state index contributed by atoms with van der Waals surface area (Å²) in [4.78, 5) is 4.88. The Kier molecular flexibility index (Phi) is 3.92. The van der Waals surface area contributed by atoms with E-state index in [1.165, 1.54) is 5.57 Å². The van der Waals surface area contributed by atoms with Gasteiger partial charge in [0.25, 0.3) is 0 Å². The van der Waals surface area contributed by atoms with Gasteiger partial charge >= 0.3 is 0 Å². The lowest BCUT2D eigenvalue weighted by Crippen LogP contribution is -1.99. The average molecular weight is 271 g/mol. The smallest absolute Gasteiger partial charge is 0.0712 e. The second-order valence-electron chi connectivity index (χ2n) is 5.03. The SMILES string of the molecule is CC1=C/C(c2ccccc2)=N\C(c2ccccc2)=C/C=C\1. The molecule has 0 amide bonds. The van der Waals surface area contributed by atoms with Crippen molar-refractivity contribution < 1.29 is 0 Å². The molecule has 0 aromatic heterocycles. The number of rotatable bonds is 2. The molecule has 21 heavy (non-hydrogen) atoms. The van der Waals surface area contributed by atoms with Crippen LogP contribution in [-0.4, -0.2) is 5.71 Å². The highest BCUT2D eigenvalue weighted by Gasteiger charge is 2.05. The van der Waals surface area contributed by atoms with Crippen molar-refractivity contribution in [2.24, 2.45) is 4.99 Å². The Balaban J connectivity index is 2.09. The second kappa shape index (κ2) is 6.19. The van der Waals surface area contributed by atoms with Crippen molar-refractivity contribution in [1.82, 2.24) is 0 Å². The molecule has 0 N–H and O–H groups in total. The maximum Gasteiger partial charge on any atom is 0.0712 e. The van der Waals surface area contributed by atoms with Crippen LogP contribution in [0.15, 0.2) is 95.5 Å². The molecule has 0 atom stereocenters. The zero-order valence-electron chi connectivity index (χ0n) is 12.0. The highest BCUT2D eigenvalue weighted by Crippen LogP contribution is 2.20. The van der Waals surface area contributed by atoms with Gasteiger partial charge in [-0.3, -0.25) is 0 Å². The lowest BCUT2D eigenvalue weighted by Gasteiger charge is -2.08. The molecule has 0 bridgehead atoms. The summed E-state index contributed by atoms with van der Waals surface area (Å²) in [6, 6.07) is 20.6. The quantitative estimate of drug-likeness (QED) is 0.726. The number of aliphatic imine (C=N–C) groups is 1. The van der Waals surface area contributed by atoms with E-state index in [0.29, 0.717) is 0 Å². The van der Waals surface area contributed by atoms with E-state index in [4.69, 9.17) is 4.99 Å². The van der Waals surface area contributed by atoms with Crippen molar-refractivity contribution >= 4 is 11.4 Å². The van der Waals surface area contributed by atoms with Gasteiger partial charge in [-0.1, -0.05) is 72.8 Å². The molecule has 1 aliphatic heterocycles. The van der Waals surface area contributed by atoms with E-state index in [2.05, 4.69) is 55.5 Å². The minimum absolute atomic E-state index is 0.981. The predicted octanol–water partition coefficient (Wildman–Crippen LogP) is 5.03. The summed E-state index contributed by atoms with van der Waals surface area (Å²) in [5, 5.41) is 0. The fourth-order valence-electron chi connectivity index (χ4n) is 2.28. The van der Waals surface area contributed by atoms with Gasteiger partial charge in [0.15, 0.2) is 0 Å². The molecule has 0 radical (unpaired) electrons. The topological polar surface area (TPSA) is 12.4 Å². The standard InChI is InChI=1S/C20H17N/c1-16-9-8-14-19(17-10-4-2-5-11-17)21-20(15-16)18-12-6-3-7-13-18/h2-15H,1H3/b9-8-,14-8?,16-9?,16-15-,19-14-,20-15?,21-19?,21-20+. The maximum atomic E-state index is 4.88. The number of benzene rings is 2. The van der Waals surface area contributed by atoms with E-state index >= 15 is 0 Å². The predicted molar refractivity (Wildman–Crippen MR) is 90.3 cm³/mol. The van der Waals surface area contributed by atoms with Crippen molar-refractivity contribution in [3.05, 3.63) is 102 Å². The van der Waals surface area contributed by atoms with Crippen LogP contribution < -0.4 is 0 Å². The number of hydrogen-bond acceptors (Lipinski definition) is 1. The van der Waals surface area contributed by atoms with Gasteiger partial charge in [-0.2, -0.15) is 0 Å². The molecule has 1 aliphatic rings. The van der Waals surface area contributed by atoms with Crippen LogP contribution in [0.2, 0.25) is 0 Å². The van der Waals surface area contributed by atoms with Crippen LogP contribution in [0.3, 0.4) is 0 Å². The summed E-state index contributed by atoms with van der Waals surface area (Å²) in [7, 11) is 0. The molecule has 0 spiro atoms. The fourth-order valence-corrected chi connectivity index (χ4v) is 2.28. The van der Waals surface area contributed by atoms with Crippen LogP contribution in [0.25, 0.3) is 5.70 Å². The van der Waals surface area contributed by atoms with E-state index < -0.39 is 0 Å². The highest BCUT2D eigenvalue weighted by molar-refractivity contribution is 6.11. The summed E-state index contributed by atoms with van der Waals surface area (Å²) in [5.74, 6) is 0. The monoisotopic (exact) mass is 271 g/mol. The molecule has 1 heteroatoms. The van der Waals surface area contributed by atoms with Gasteiger partial charge < -0.3 is 0 Å². The van der Waals surface area contributed by atoms with Gasteiger partial charge in [0.1, 0.15) is 0 Å². The zero-order valence-corrected chi connectivity index (χ0v) is 12.0. The maximum absolute atomic E-state index is 4.88. The Labute approximate surface area is 125 Å². The molecule has 0 saturated carbocycles. The lowest BCUT2D eigenvalue weighted by atomic mass is 10.0. The summed E-state index contributed by atoms with van der Waals surface area (Å²) in [5.41, 5.74) is 5.43. The van der Waals surface area contributed by atoms with E-state index in [9.17, 15) is 0 Å². The van der Waals surface area contributed by atoms with Gasteiger partial charge in [0.05, 0.1) is 11.4 Å². The fraction of sp³-hybridized carbons (Fsp3) is 0.0500. The summed E-state index contributed by atoms with van der Waals surface area (Å²) in [6.45, 7) is 2.09. The van der Waals surface area contributed by atoms with Gasteiger partial charge in [-0.25, -0.2) is 4.99 Å². The van der Waals surface area contributed by atoms with E-state index in [0.717, 1.165) is 22.5 Å². The van der Waals surface area contributed by atoms with E-state index in [1.54, 1.807) is 0 Å². The number of allylic oxidation sites excluding steroid dienone is 5. The average Bonchev–Trinajstić information content (AvgIpc) is 2.52. The molecule has 0 saturated heterocycles. The third-order valence-corrected chi connectivity index (χ3v) is 3.36. The first-order valence-electron chi connectivity index (χ1n) is 7.09. The Bertz CT molecular complexity index is 732. The van der Waals surface area contributed by atoms with Crippen molar-refractivity contribution in [2.75, 3.05) is 0 Å². The molecule has 2 aromatic rings. The third-order valence-electron chi connectivity index (χ3n) is 3.36. The van der Waals surface area contributed by atoms with Gasteiger partial charge in [0.2, 0.25) is 0 Å². The molecule has 0 unspecified atom stereocenters. The zero-order chi connectivity index (χ0) is 14.5. The molecule has 2 aromatic carbocycles. The molecule has 1 nitrogen and oxygen atoms in total. The van der Waals surface area contributed by atoms with Gasteiger partial charge in [-0.05, 0) is 24.6 Å². The number of nitrogens with zero attached hydrogens (tertiary/aromatic N) is 1. The van der Waals surface area contributed by atoms with Crippen molar-refractivity contribution in [1.29, 1.82) is 0 Å². The molecular weight excluding hydrogens is 254 g/mol. The molecule has 3 rings (SSSR count). The first-order valence-corrected chi connectivity index (χ1v) is 7.09. The minimum atomic E-state index is 0.981. The Morgan fingerprint density at radius 2 is 1.38 bits per heavy atom. The molecule has 0 aliphatic carbocycles. The summed E-state index contributed by atoms with van der Waals surface area (Å²) in [6.07, 6.45) is 8.36. The van der Waals surface area contributed by atoms with Crippen LogP contribution in [0.4, 0.5) is 0 Å². The Morgan fingerprint density at radius 1 is 0.762 bits per heavy atom. The van der Waals surface area contributed by atoms with Crippen molar-refractivity contribution in [2.45, 2.75) is 6.92 Å². The third kappa shape index (κ3) is 3.26. The first kappa shape index (κ1) is 13.3. The van der Waals surface area contributed by atoms with Gasteiger partial charge in [0, 0.05) is 11.1 Å². The minimum Gasteiger partial charge on any atom is -0.248 e. The normalized spacial score (nSPS) is 23.6. The molecule has 102 valence electrons. The van der Waals surface area contributed by atoms with Crippen LogP contribution in [0.5, 0.6) is 0 Å². The van der Waals surface area contributed by atoms with Crippen LogP contribution in [-0.2, 0) is 0 Å². The van der Waals surface area contributed by atoms with Crippen LogP contribution in [0.1, 0.15) is 18.1 Å². The van der Waals surface area contributed by atoms with Crippen molar-refractivity contribution in [3.63, 3.8) is 0 Å². The summed E-state index contributed by atoms with van der Waals surface area (Å²) < 4.78 is 0. The first-order chi connectivity index (χ1) is 10.3. The van der Waals surface area contributed by atoms with Crippen LogP contribution in [0, 0.1) is 0 Å². The lowest BCUT2D eigenvalue weighted by molar-refractivity contribution is 1.45. The van der Waals surface area contributed by atoms with E-state index in [1.807, 2.05) is 36.4 Å². The van der Waals surface area contributed by atoms with Crippen LogP contribution >= 0.6 is 0 Å². The highest BCUT2D eigenvalue weighted by atomic mass is 14.8. The van der Waals surface area contributed by atoms with Crippen molar-refractivity contribution in [3.8, 4) is 0 Å². The summed E-state index contributed by atoms with van der Waals surface area (Å²) >= 11 is 0. The number of hydrogen-bond donors (Lipinski definition) is 0. The molecule has 0 fully saturated rings. The second-order valence-corrected chi connectivity index (χ2v) is 5.03. The van der Waals surface area contributed by atoms with E-state index in [-0.39, 0.29) is 0 Å².